The SMILES string of the molecule is CC(C)(C)c1nc2c(o1)CCN(C(=O)CCN1CCCCCC1=O)C2. The molecular weight excluding hydrogens is 318 g/mol. The van der Waals surface area contributed by atoms with Crippen LogP contribution in [0.4, 0.5) is 0 Å². The molecule has 3 rings (SSSR count). The Kier molecular flexibility index (Phi) is 5.16. The van der Waals surface area contributed by atoms with Gasteiger partial charge in [0.1, 0.15) is 11.5 Å². The Bertz CT molecular complexity index is 645. The first-order valence-electron chi connectivity index (χ1n) is 9.39. The van der Waals surface area contributed by atoms with Crippen LogP contribution < -0.4 is 0 Å². The monoisotopic (exact) mass is 347 g/mol. The summed E-state index contributed by atoms with van der Waals surface area (Å²) in [5.41, 5.74) is 0.759. The maximum Gasteiger partial charge on any atom is 0.224 e. The van der Waals surface area contributed by atoms with Gasteiger partial charge < -0.3 is 14.2 Å². The molecule has 2 aliphatic heterocycles. The highest BCUT2D eigenvalue weighted by Gasteiger charge is 2.29. The molecule has 138 valence electrons. The molecule has 1 aromatic heterocycles. The molecule has 0 unspecified atom stereocenters. The summed E-state index contributed by atoms with van der Waals surface area (Å²) < 4.78 is 5.88. The Hall–Kier alpha value is -1.85. The van der Waals surface area contributed by atoms with Crippen molar-refractivity contribution in [2.24, 2.45) is 0 Å². The highest BCUT2D eigenvalue weighted by Crippen LogP contribution is 2.27. The molecule has 25 heavy (non-hydrogen) atoms. The molecule has 0 N–H and O–H groups in total. The summed E-state index contributed by atoms with van der Waals surface area (Å²) in [7, 11) is 0. The van der Waals surface area contributed by atoms with Gasteiger partial charge in [0.05, 0.1) is 6.54 Å². The predicted octanol–water partition coefficient (Wildman–Crippen LogP) is 2.65. The van der Waals surface area contributed by atoms with Gasteiger partial charge in [-0.25, -0.2) is 4.98 Å². The van der Waals surface area contributed by atoms with Gasteiger partial charge in [-0.1, -0.05) is 27.2 Å². The minimum absolute atomic E-state index is 0.100. The van der Waals surface area contributed by atoms with Crippen molar-refractivity contribution in [3.05, 3.63) is 17.3 Å². The highest BCUT2D eigenvalue weighted by molar-refractivity contribution is 5.79. The fourth-order valence-corrected chi connectivity index (χ4v) is 3.40. The van der Waals surface area contributed by atoms with Gasteiger partial charge in [-0.3, -0.25) is 9.59 Å². The van der Waals surface area contributed by atoms with Gasteiger partial charge in [-0.15, -0.1) is 0 Å². The molecule has 0 atom stereocenters. The van der Waals surface area contributed by atoms with Gasteiger partial charge in [-0.2, -0.15) is 0 Å². The second-order valence-electron chi connectivity index (χ2n) is 8.15. The first kappa shape index (κ1) is 18.0. The van der Waals surface area contributed by atoms with Gasteiger partial charge in [-0.05, 0) is 12.8 Å². The van der Waals surface area contributed by atoms with E-state index in [1.165, 1.54) is 0 Å². The molecule has 0 aliphatic carbocycles. The largest absolute Gasteiger partial charge is 0.445 e. The third-order valence-corrected chi connectivity index (χ3v) is 4.99. The smallest absolute Gasteiger partial charge is 0.224 e. The van der Waals surface area contributed by atoms with Crippen molar-refractivity contribution in [2.75, 3.05) is 19.6 Å². The highest BCUT2D eigenvalue weighted by atomic mass is 16.4. The van der Waals surface area contributed by atoms with Crippen molar-refractivity contribution >= 4 is 11.8 Å². The first-order chi connectivity index (χ1) is 11.8. The molecule has 0 radical (unpaired) electrons. The third kappa shape index (κ3) is 4.22. The average molecular weight is 347 g/mol. The van der Waals surface area contributed by atoms with E-state index < -0.39 is 0 Å². The zero-order valence-corrected chi connectivity index (χ0v) is 15.6. The lowest BCUT2D eigenvalue weighted by atomic mass is 9.97. The molecule has 3 heterocycles. The van der Waals surface area contributed by atoms with Crippen LogP contribution >= 0.6 is 0 Å². The Labute approximate surface area is 149 Å². The second kappa shape index (κ2) is 7.18. The van der Waals surface area contributed by atoms with Crippen molar-refractivity contribution in [3.8, 4) is 0 Å². The van der Waals surface area contributed by atoms with Gasteiger partial charge in [0.15, 0.2) is 5.89 Å². The average Bonchev–Trinajstić information content (AvgIpc) is 2.90. The summed E-state index contributed by atoms with van der Waals surface area (Å²) in [4.78, 5) is 32.9. The number of amides is 2. The van der Waals surface area contributed by atoms with Crippen LogP contribution in [0.25, 0.3) is 0 Å². The van der Waals surface area contributed by atoms with Gasteiger partial charge in [0, 0.05) is 44.3 Å². The van der Waals surface area contributed by atoms with Crippen molar-refractivity contribution in [1.29, 1.82) is 0 Å². The quantitative estimate of drug-likeness (QED) is 0.843. The zero-order chi connectivity index (χ0) is 18.0. The summed E-state index contributed by atoms with van der Waals surface area (Å²) in [6.07, 6.45) is 4.85. The fraction of sp³-hybridized carbons (Fsp3) is 0.737. The van der Waals surface area contributed by atoms with Gasteiger partial charge in [0.2, 0.25) is 11.8 Å². The number of fused-ring (bicyclic) bond motifs is 1. The Balaban J connectivity index is 1.57. The molecule has 2 aliphatic rings. The molecular formula is C19H29N3O3. The van der Waals surface area contributed by atoms with Crippen molar-refractivity contribution in [3.63, 3.8) is 0 Å². The fourth-order valence-electron chi connectivity index (χ4n) is 3.40. The van der Waals surface area contributed by atoms with Crippen molar-refractivity contribution in [1.82, 2.24) is 14.8 Å². The molecule has 6 heteroatoms. The molecule has 0 bridgehead atoms. The maximum atomic E-state index is 12.6. The van der Waals surface area contributed by atoms with Crippen LogP contribution in [0.1, 0.15) is 70.2 Å². The maximum absolute atomic E-state index is 12.6. The standard InChI is InChI=1S/C19H29N3O3/c1-19(2,3)18-20-14-13-22(11-8-15(14)25-18)17(24)9-12-21-10-6-4-5-7-16(21)23/h4-13H2,1-3H3. The minimum atomic E-state index is -0.126. The van der Waals surface area contributed by atoms with E-state index in [0.717, 1.165) is 43.2 Å². The summed E-state index contributed by atoms with van der Waals surface area (Å²) in [6, 6.07) is 0. The topological polar surface area (TPSA) is 66.7 Å². The number of aromatic nitrogens is 1. The molecule has 2 amide bonds. The Morgan fingerprint density at radius 3 is 2.72 bits per heavy atom. The lowest BCUT2D eigenvalue weighted by Gasteiger charge is -2.27. The van der Waals surface area contributed by atoms with Gasteiger partial charge in [0.25, 0.3) is 0 Å². The van der Waals surface area contributed by atoms with Crippen LogP contribution in [-0.4, -0.2) is 46.2 Å². The van der Waals surface area contributed by atoms with Crippen LogP contribution in [0.15, 0.2) is 4.42 Å². The van der Waals surface area contributed by atoms with Crippen molar-refractivity contribution in [2.45, 2.75) is 71.3 Å². The van der Waals surface area contributed by atoms with E-state index in [-0.39, 0.29) is 17.2 Å². The lowest BCUT2D eigenvalue weighted by Crippen LogP contribution is -2.39. The van der Waals surface area contributed by atoms with E-state index in [1.54, 1.807) is 0 Å². The molecule has 0 saturated carbocycles. The predicted molar refractivity (Wildman–Crippen MR) is 94.0 cm³/mol. The van der Waals surface area contributed by atoms with E-state index >= 15 is 0 Å². The van der Waals surface area contributed by atoms with Crippen LogP contribution in [0.5, 0.6) is 0 Å². The zero-order valence-electron chi connectivity index (χ0n) is 15.6. The second-order valence-corrected chi connectivity index (χ2v) is 8.15. The minimum Gasteiger partial charge on any atom is -0.445 e. The van der Waals surface area contributed by atoms with E-state index in [1.807, 2.05) is 9.80 Å². The van der Waals surface area contributed by atoms with E-state index in [2.05, 4.69) is 25.8 Å². The lowest BCUT2D eigenvalue weighted by molar-refractivity contribution is -0.134. The third-order valence-electron chi connectivity index (χ3n) is 4.99. The normalized spacial score (nSPS) is 18.9. The van der Waals surface area contributed by atoms with E-state index in [0.29, 0.717) is 38.9 Å². The summed E-state index contributed by atoms with van der Waals surface area (Å²) in [5.74, 6) is 1.94. The number of rotatable bonds is 3. The summed E-state index contributed by atoms with van der Waals surface area (Å²) >= 11 is 0. The molecule has 1 saturated heterocycles. The number of oxazole rings is 1. The van der Waals surface area contributed by atoms with Gasteiger partial charge >= 0.3 is 0 Å². The number of hydrogen-bond acceptors (Lipinski definition) is 4. The number of carbonyl (C=O) groups is 2. The van der Waals surface area contributed by atoms with E-state index in [9.17, 15) is 9.59 Å². The first-order valence-corrected chi connectivity index (χ1v) is 9.39. The number of nitrogens with zero attached hydrogens (tertiary/aromatic N) is 3. The molecule has 6 nitrogen and oxygen atoms in total. The van der Waals surface area contributed by atoms with Crippen molar-refractivity contribution < 1.29 is 14.0 Å². The molecule has 1 fully saturated rings. The van der Waals surface area contributed by atoms with Crippen LogP contribution in [0, 0.1) is 0 Å². The number of hydrogen-bond donors (Lipinski definition) is 0. The molecule has 0 spiro atoms. The molecule has 1 aromatic rings. The Morgan fingerprint density at radius 1 is 1.16 bits per heavy atom. The number of likely N-dealkylation sites (tertiary alicyclic amines) is 1. The number of carbonyl (C=O) groups excluding carboxylic acids is 2. The van der Waals surface area contributed by atoms with Crippen LogP contribution in [-0.2, 0) is 28.0 Å². The van der Waals surface area contributed by atoms with Crippen LogP contribution in [0.2, 0.25) is 0 Å². The van der Waals surface area contributed by atoms with E-state index in [4.69, 9.17) is 4.42 Å². The summed E-state index contributed by atoms with van der Waals surface area (Å²) in [5, 5.41) is 0. The Morgan fingerprint density at radius 2 is 1.96 bits per heavy atom. The summed E-state index contributed by atoms with van der Waals surface area (Å²) in [6.45, 7) is 8.73. The molecule has 0 aromatic carbocycles. The van der Waals surface area contributed by atoms with Crippen LogP contribution in [0.3, 0.4) is 0 Å².